The van der Waals surface area contributed by atoms with Crippen LogP contribution in [0.3, 0.4) is 0 Å². The summed E-state index contributed by atoms with van der Waals surface area (Å²) in [4.78, 5) is 15.0. The van der Waals surface area contributed by atoms with Crippen molar-refractivity contribution >= 4 is 5.91 Å². The van der Waals surface area contributed by atoms with Crippen molar-refractivity contribution in [2.75, 3.05) is 13.1 Å². The van der Waals surface area contributed by atoms with Gasteiger partial charge in [-0.05, 0) is 50.3 Å². The molecule has 2 aromatic rings. The summed E-state index contributed by atoms with van der Waals surface area (Å²) >= 11 is 0. The standard InChI is InChI=1S/C20H25N5O2/c26-17-3-1-2-14(9-17)19-12-25(23-22-19)10-16-8-13-6-7-24(16)11-18(13)20(27)21-15-4-5-15/h1-3,9,12-13,15-16,18,26H,4-8,10-11H2,(H,21,27). The van der Waals surface area contributed by atoms with Crippen LogP contribution in [0.15, 0.2) is 30.5 Å². The van der Waals surface area contributed by atoms with Crippen molar-refractivity contribution in [2.45, 2.75) is 44.3 Å². The molecule has 1 aromatic heterocycles. The van der Waals surface area contributed by atoms with E-state index in [-0.39, 0.29) is 17.6 Å². The number of rotatable bonds is 5. The van der Waals surface area contributed by atoms with Crippen LogP contribution >= 0.6 is 0 Å². The third-order valence-corrected chi connectivity index (χ3v) is 6.22. The lowest BCUT2D eigenvalue weighted by Gasteiger charge is -2.49. The van der Waals surface area contributed by atoms with Gasteiger partial charge in [-0.25, -0.2) is 0 Å². The van der Waals surface area contributed by atoms with Gasteiger partial charge in [-0.1, -0.05) is 17.3 Å². The number of piperidine rings is 3. The largest absolute Gasteiger partial charge is 0.508 e. The van der Waals surface area contributed by atoms with Gasteiger partial charge in [0.2, 0.25) is 5.91 Å². The Kier molecular flexibility index (Phi) is 4.11. The van der Waals surface area contributed by atoms with Gasteiger partial charge in [0.1, 0.15) is 11.4 Å². The molecule has 7 heteroatoms. The first-order chi connectivity index (χ1) is 13.2. The Morgan fingerprint density at radius 3 is 2.93 bits per heavy atom. The molecule has 6 rings (SSSR count). The van der Waals surface area contributed by atoms with Crippen LogP contribution in [0, 0.1) is 11.8 Å². The molecule has 1 aromatic carbocycles. The van der Waals surface area contributed by atoms with E-state index in [2.05, 4.69) is 20.5 Å². The maximum atomic E-state index is 12.5. The van der Waals surface area contributed by atoms with E-state index in [4.69, 9.17) is 0 Å². The lowest BCUT2D eigenvalue weighted by atomic mass is 9.75. The highest BCUT2D eigenvalue weighted by Gasteiger charge is 2.44. The highest BCUT2D eigenvalue weighted by molar-refractivity contribution is 5.80. The monoisotopic (exact) mass is 367 g/mol. The summed E-state index contributed by atoms with van der Waals surface area (Å²) in [6.07, 6.45) is 6.39. The second kappa shape index (κ2) is 6.64. The highest BCUT2D eigenvalue weighted by atomic mass is 16.3. The summed E-state index contributed by atoms with van der Waals surface area (Å²) in [5.74, 6) is 1.12. The van der Waals surface area contributed by atoms with Crippen LogP contribution in [0.25, 0.3) is 11.3 Å². The number of phenolic OH excluding ortho intramolecular Hbond substituents is 1. The van der Waals surface area contributed by atoms with Crippen molar-refractivity contribution < 1.29 is 9.90 Å². The van der Waals surface area contributed by atoms with Gasteiger partial charge in [-0.2, -0.15) is 0 Å². The summed E-state index contributed by atoms with van der Waals surface area (Å²) in [5.41, 5.74) is 1.63. The number of fused-ring (bicyclic) bond motifs is 3. The molecule has 0 radical (unpaired) electrons. The first-order valence-electron chi connectivity index (χ1n) is 9.89. The molecule has 4 unspecified atom stereocenters. The van der Waals surface area contributed by atoms with E-state index in [1.807, 2.05) is 23.0 Å². The SMILES string of the molecule is O=C(NC1CC1)C1CN2CCC1CC2Cn1cc(-c2cccc(O)c2)nn1. The molecule has 1 amide bonds. The van der Waals surface area contributed by atoms with Crippen molar-refractivity contribution in [3.05, 3.63) is 30.5 Å². The van der Waals surface area contributed by atoms with Gasteiger partial charge < -0.3 is 10.4 Å². The van der Waals surface area contributed by atoms with E-state index >= 15 is 0 Å². The molecule has 3 aliphatic heterocycles. The molecular formula is C20H25N5O2. The number of hydrogen-bond donors (Lipinski definition) is 2. The van der Waals surface area contributed by atoms with Crippen molar-refractivity contribution in [1.29, 1.82) is 0 Å². The number of hydrogen-bond acceptors (Lipinski definition) is 5. The average Bonchev–Trinajstić information content (AvgIpc) is 3.37. The first kappa shape index (κ1) is 16.7. The van der Waals surface area contributed by atoms with Gasteiger partial charge in [0, 0.05) is 24.2 Å². The Morgan fingerprint density at radius 2 is 2.19 bits per heavy atom. The number of benzene rings is 1. The Labute approximate surface area is 158 Å². The van der Waals surface area contributed by atoms with Crippen LogP contribution in [0.4, 0.5) is 0 Å². The van der Waals surface area contributed by atoms with Crippen LogP contribution < -0.4 is 5.32 Å². The molecule has 3 saturated heterocycles. The molecule has 2 bridgehead atoms. The van der Waals surface area contributed by atoms with Crippen LogP contribution in [0.2, 0.25) is 0 Å². The molecule has 7 nitrogen and oxygen atoms in total. The lowest BCUT2D eigenvalue weighted by Crippen LogP contribution is -2.58. The molecule has 4 fully saturated rings. The number of carbonyl (C=O) groups excluding carboxylic acids is 1. The molecule has 4 aliphatic rings. The number of phenols is 1. The minimum atomic E-state index is 0.147. The zero-order chi connectivity index (χ0) is 18.4. The smallest absolute Gasteiger partial charge is 0.224 e. The molecule has 142 valence electrons. The minimum Gasteiger partial charge on any atom is -0.508 e. The van der Waals surface area contributed by atoms with Gasteiger partial charge in [0.05, 0.1) is 18.7 Å². The number of nitrogens with zero attached hydrogens (tertiary/aromatic N) is 4. The predicted molar refractivity (Wildman–Crippen MR) is 99.9 cm³/mol. The molecule has 27 heavy (non-hydrogen) atoms. The molecule has 1 aliphatic carbocycles. The van der Waals surface area contributed by atoms with Crippen molar-refractivity contribution in [3.8, 4) is 17.0 Å². The number of amides is 1. The quantitative estimate of drug-likeness (QED) is 0.839. The number of aromatic hydroxyl groups is 1. The fourth-order valence-corrected chi connectivity index (χ4v) is 4.56. The number of carbonyl (C=O) groups is 1. The van der Waals surface area contributed by atoms with Crippen molar-refractivity contribution in [2.24, 2.45) is 11.8 Å². The summed E-state index contributed by atoms with van der Waals surface area (Å²) < 4.78 is 1.89. The molecular weight excluding hydrogens is 342 g/mol. The van der Waals surface area contributed by atoms with E-state index in [0.717, 1.165) is 56.6 Å². The van der Waals surface area contributed by atoms with Crippen molar-refractivity contribution in [3.63, 3.8) is 0 Å². The Morgan fingerprint density at radius 1 is 1.30 bits per heavy atom. The zero-order valence-corrected chi connectivity index (χ0v) is 15.3. The Hall–Kier alpha value is -2.41. The zero-order valence-electron chi connectivity index (χ0n) is 15.3. The molecule has 1 saturated carbocycles. The summed E-state index contributed by atoms with van der Waals surface area (Å²) in [7, 11) is 0. The molecule has 2 N–H and O–H groups in total. The summed E-state index contributed by atoms with van der Waals surface area (Å²) in [6.45, 7) is 2.72. The van der Waals surface area contributed by atoms with E-state index in [9.17, 15) is 9.90 Å². The third-order valence-electron chi connectivity index (χ3n) is 6.22. The highest BCUT2D eigenvalue weighted by Crippen LogP contribution is 2.37. The van der Waals surface area contributed by atoms with Gasteiger partial charge in [-0.3, -0.25) is 14.4 Å². The first-order valence-corrected chi connectivity index (χ1v) is 9.89. The number of aromatic nitrogens is 3. The van der Waals surface area contributed by atoms with E-state index in [0.29, 0.717) is 18.0 Å². The third kappa shape index (κ3) is 3.43. The van der Waals surface area contributed by atoms with Crippen LogP contribution in [0.1, 0.15) is 25.7 Å². The normalized spacial score (nSPS) is 29.6. The fourth-order valence-electron chi connectivity index (χ4n) is 4.56. The van der Waals surface area contributed by atoms with Crippen LogP contribution in [0.5, 0.6) is 5.75 Å². The maximum Gasteiger partial charge on any atom is 0.224 e. The molecule has 4 heterocycles. The van der Waals surface area contributed by atoms with E-state index < -0.39 is 0 Å². The van der Waals surface area contributed by atoms with Crippen molar-refractivity contribution in [1.82, 2.24) is 25.2 Å². The van der Waals surface area contributed by atoms with E-state index in [1.54, 1.807) is 12.1 Å². The second-order valence-electron chi connectivity index (χ2n) is 8.20. The second-order valence-corrected chi connectivity index (χ2v) is 8.20. The van der Waals surface area contributed by atoms with Crippen LogP contribution in [-0.2, 0) is 11.3 Å². The van der Waals surface area contributed by atoms with Gasteiger partial charge in [0.15, 0.2) is 0 Å². The predicted octanol–water partition coefficient (Wildman–Crippen LogP) is 1.64. The van der Waals surface area contributed by atoms with Gasteiger partial charge in [-0.15, -0.1) is 5.10 Å². The minimum absolute atomic E-state index is 0.147. The summed E-state index contributed by atoms with van der Waals surface area (Å²) in [6, 6.07) is 7.92. The summed E-state index contributed by atoms with van der Waals surface area (Å²) in [5, 5.41) is 21.4. The van der Waals surface area contributed by atoms with Gasteiger partial charge in [0.25, 0.3) is 0 Å². The average molecular weight is 367 g/mol. The maximum absolute atomic E-state index is 12.5. The fraction of sp³-hybridized carbons (Fsp3) is 0.550. The van der Waals surface area contributed by atoms with Gasteiger partial charge >= 0.3 is 0 Å². The van der Waals surface area contributed by atoms with Crippen LogP contribution in [-0.4, -0.2) is 56.1 Å². The Balaban J connectivity index is 1.24. The lowest BCUT2D eigenvalue weighted by molar-refractivity contribution is -0.133. The Bertz CT molecular complexity index is 846. The topological polar surface area (TPSA) is 83.3 Å². The van der Waals surface area contributed by atoms with E-state index in [1.165, 1.54) is 0 Å². The molecule has 0 spiro atoms. The molecule has 4 atom stereocenters. The number of nitrogens with one attached hydrogen (secondary N) is 1.